The Morgan fingerprint density at radius 1 is 1.10 bits per heavy atom. The van der Waals surface area contributed by atoms with Gasteiger partial charge in [-0.15, -0.1) is 0 Å². The molecule has 1 fully saturated rings. The molecule has 4 atom stereocenters. The van der Waals surface area contributed by atoms with E-state index in [1.54, 1.807) is 18.3 Å². The SMILES string of the molecule is NC(N)=NCCCC(N)C(=O)N1CCCC1C(=O)NC(CC(=O)O)C(=O)NC(Cc1c[nH]c2ccccc12)C(=O)O. The standard InChI is InChI=1S/C26H36N8O7/c27-16(6-3-9-30-26(28)29)24(39)34-10-4-8-20(34)23(38)32-18(12-21(35)36)22(37)33-19(25(40)41)11-14-13-31-17-7-2-1-5-15(14)17/h1-2,5,7,13,16,18-20,31H,3-4,6,8-12,27H2,(H,32,38)(H,33,37)(H,35,36)(H,40,41)(H4,28,29,30). The van der Waals surface area contributed by atoms with Gasteiger partial charge in [0.1, 0.15) is 18.1 Å². The number of carboxylic acid groups (broad SMARTS) is 2. The van der Waals surface area contributed by atoms with E-state index in [1.807, 2.05) is 12.1 Å². The van der Waals surface area contributed by atoms with Crippen molar-refractivity contribution >= 4 is 46.5 Å². The Hall–Kier alpha value is -4.66. The van der Waals surface area contributed by atoms with Crippen LogP contribution in [-0.2, 0) is 30.4 Å². The summed E-state index contributed by atoms with van der Waals surface area (Å²) in [6, 6.07) is 2.41. The number of hydrogen-bond donors (Lipinski definition) is 8. The molecular weight excluding hydrogens is 536 g/mol. The quantitative estimate of drug-likeness (QED) is 0.0746. The van der Waals surface area contributed by atoms with Crippen molar-refractivity contribution in [3.63, 3.8) is 0 Å². The Kier molecular flexibility index (Phi) is 10.6. The molecule has 2 heterocycles. The first kappa shape index (κ1) is 30.9. The van der Waals surface area contributed by atoms with Crippen molar-refractivity contribution in [1.82, 2.24) is 20.5 Å². The number of carbonyl (C=O) groups excluding carboxylic acids is 3. The van der Waals surface area contributed by atoms with E-state index in [4.69, 9.17) is 17.2 Å². The lowest BCUT2D eigenvalue weighted by atomic mass is 10.0. The van der Waals surface area contributed by atoms with E-state index in [9.17, 15) is 34.2 Å². The predicted molar refractivity (Wildman–Crippen MR) is 148 cm³/mol. The highest BCUT2D eigenvalue weighted by Gasteiger charge is 2.38. The van der Waals surface area contributed by atoms with Crippen molar-refractivity contribution in [2.24, 2.45) is 22.2 Å². The largest absolute Gasteiger partial charge is 0.481 e. The van der Waals surface area contributed by atoms with E-state index >= 15 is 0 Å². The number of benzene rings is 1. The highest BCUT2D eigenvalue weighted by molar-refractivity contribution is 5.96. The molecule has 0 radical (unpaired) electrons. The van der Waals surface area contributed by atoms with E-state index < -0.39 is 60.2 Å². The van der Waals surface area contributed by atoms with Crippen LogP contribution in [0.3, 0.4) is 0 Å². The molecule has 0 saturated carbocycles. The van der Waals surface area contributed by atoms with Gasteiger partial charge in [0.15, 0.2) is 5.96 Å². The number of amides is 3. The molecule has 222 valence electrons. The fourth-order valence-corrected chi connectivity index (χ4v) is 4.80. The minimum absolute atomic E-state index is 0.0752. The molecule has 0 aliphatic carbocycles. The first-order valence-corrected chi connectivity index (χ1v) is 13.2. The number of rotatable bonds is 14. The van der Waals surface area contributed by atoms with Gasteiger partial charge in [0.25, 0.3) is 0 Å². The Labute approximate surface area is 235 Å². The number of aliphatic carboxylic acids is 2. The summed E-state index contributed by atoms with van der Waals surface area (Å²) in [5.41, 5.74) is 18.0. The third-order valence-electron chi connectivity index (χ3n) is 6.85. The molecule has 2 aromatic rings. The van der Waals surface area contributed by atoms with Gasteiger partial charge in [-0.2, -0.15) is 0 Å². The molecule has 11 N–H and O–H groups in total. The summed E-state index contributed by atoms with van der Waals surface area (Å²) in [7, 11) is 0. The number of H-pyrrole nitrogens is 1. The van der Waals surface area contributed by atoms with Gasteiger partial charge in [-0.3, -0.25) is 24.2 Å². The maximum atomic E-state index is 13.2. The first-order chi connectivity index (χ1) is 19.5. The molecule has 0 spiro atoms. The maximum absolute atomic E-state index is 13.2. The zero-order valence-corrected chi connectivity index (χ0v) is 22.4. The maximum Gasteiger partial charge on any atom is 0.326 e. The number of aliphatic imine (C=N–C) groups is 1. The lowest BCUT2D eigenvalue weighted by Gasteiger charge is -2.28. The smallest absolute Gasteiger partial charge is 0.326 e. The number of guanidine groups is 1. The van der Waals surface area contributed by atoms with Gasteiger partial charge >= 0.3 is 11.9 Å². The summed E-state index contributed by atoms with van der Waals surface area (Å²) < 4.78 is 0. The summed E-state index contributed by atoms with van der Waals surface area (Å²) in [6.07, 6.45) is 2.29. The summed E-state index contributed by atoms with van der Waals surface area (Å²) >= 11 is 0. The molecule has 1 aromatic heterocycles. The van der Waals surface area contributed by atoms with E-state index in [0.29, 0.717) is 18.4 Å². The lowest BCUT2D eigenvalue weighted by Crippen LogP contribution is -2.57. The molecule has 1 saturated heterocycles. The Morgan fingerprint density at radius 3 is 2.51 bits per heavy atom. The van der Waals surface area contributed by atoms with Crippen molar-refractivity contribution in [3.05, 3.63) is 36.0 Å². The van der Waals surface area contributed by atoms with Gasteiger partial charge in [-0.05, 0) is 37.3 Å². The molecule has 41 heavy (non-hydrogen) atoms. The van der Waals surface area contributed by atoms with Crippen LogP contribution in [0.5, 0.6) is 0 Å². The lowest BCUT2D eigenvalue weighted by molar-refractivity contribution is -0.144. The van der Waals surface area contributed by atoms with Crippen LogP contribution < -0.4 is 27.8 Å². The number of hydrogen-bond acceptors (Lipinski definition) is 7. The number of aromatic nitrogens is 1. The fraction of sp³-hybridized carbons (Fsp3) is 0.462. The molecule has 1 aromatic carbocycles. The van der Waals surface area contributed by atoms with Gasteiger partial charge in [0.2, 0.25) is 17.7 Å². The number of carbonyl (C=O) groups is 5. The third-order valence-corrected chi connectivity index (χ3v) is 6.85. The Balaban J connectivity index is 1.66. The number of nitrogens with two attached hydrogens (primary N) is 3. The minimum Gasteiger partial charge on any atom is -0.481 e. The van der Waals surface area contributed by atoms with Crippen molar-refractivity contribution in [3.8, 4) is 0 Å². The van der Waals surface area contributed by atoms with Gasteiger partial charge < -0.3 is 47.9 Å². The molecule has 4 unspecified atom stereocenters. The number of fused-ring (bicyclic) bond motifs is 1. The molecule has 15 nitrogen and oxygen atoms in total. The number of nitrogens with one attached hydrogen (secondary N) is 3. The van der Waals surface area contributed by atoms with Gasteiger partial charge in [-0.1, -0.05) is 18.2 Å². The van der Waals surface area contributed by atoms with Crippen LogP contribution in [0.2, 0.25) is 0 Å². The summed E-state index contributed by atoms with van der Waals surface area (Å²) in [4.78, 5) is 70.8. The van der Waals surface area contributed by atoms with Gasteiger partial charge in [0, 0.05) is 36.6 Å². The number of para-hydroxylation sites is 1. The van der Waals surface area contributed by atoms with Crippen LogP contribution in [0.1, 0.15) is 37.7 Å². The van der Waals surface area contributed by atoms with Crippen LogP contribution in [0, 0.1) is 0 Å². The van der Waals surface area contributed by atoms with Crippen molar-refractivity contribution in [2.45, 2.75) is 62.7 Å². The van der Waals surface area contributed by atoms with E-state index in [2.05, 4.69) is 20.6 Å². The van der Waals surface area contributed by atoms with E-state index in [-0.39, 0.29) is 38.3 Å². The number of carboxylic acids is 2. The van der Waals surface area contributed by atoms with Crippen LogP contribution in [0.25, 0.3) is 10.9 Å². The average molecular weight is 573 g/mol. The van der Waals surface area contributed by atoms with Crippen LogP contribution in [0.15, 0.2) is 35.5 Å². The topological polar surface area (TPSA) is 259 Å². The highest BCUT2D eigenvalue weighted by Crippen LogP contribution is 2.21. The van der Waals surface area contributed by atoms with Crippen LogP contribution in [-0.4, -0.2) is 93.0 Å². The van der Waals surface area contributed by atoms with E-state index in [0.717, 1.165) is 10.9 Å². The normalized spacial score (nSPS) is 16.9. The molecule has 3 amide bonds. The fourth-order valence-electron chi connectivity index (χ4n) is 4.80. The van der Waals surface area contributed by atoms with Crippen molar-refractivity contribution < 1.29 is 34.2 Å². The van der Waals surface area contributed by atoms with Crippen LogP contribution >= 0.6 is 0 Å². The molecule has 3 rings (SSSR count). The molecule has 1 aliphatic heterocycles. The van der Waals surface area contributed by atoms with Crippen molar-refractivity contribution in [1.29, 1.82) is 0 Å². The summed E-state index contributed by atoms with van der Waals surface area (Å²) in [5.74, 6) is -4.94. The zero-order valence-electron chi connectivity index (χ0n) is 22.4. The second-order valence-electron chi connectivity index (χ2n) is 9.87. The Morgan fingerprint density at radius 2 is 1.83 bits per heavy atom. The number of nitrogens with zero attached hydrogens (tertiary/aromatic N) is 2. The molecule has 1 aliphatic rings. The summed E-state index contributed by atoms with van der Waals surface area (Å²) in [6.45, 7) is 0.552. The predicted octanol–water partition coefficient (Wildman–Crippen LogP) is -1.39. The molecular formula is C26H36N8O7. The first-order valence-electron chi connectivity index (χ1n) is 13.2. The average Bonchev–Trinajstić information content (AvgIpc) is 3.57. The van der Waals surface area contributed by atoms with Crippen LogP contribution in [0.4, 0.5) is 0 Å². The molecule has 0 bridgehead atoms. The zero-order chi connectivity index (χ0) is 30.1. The Bertz CT molecular complexity index is 1310. The monoisotopic (exact) mass is 572 g/mol. The second kappa shape index (κ2) is 14.1. The van der Waals surface area contributed by atoms with Crippen molar-refractivity contribution in [2.75, 3.05) is 13.1 Å². The van der Waals surface area contributed by atoms with Gasteiger partial charge in [-0.25, -0.2) is 4.79 Å². The molecule has 15 heteroatoms. The van der Waals surface area contributed by atoms with E-state index in [1.165, 1.54) is 4.90 Å². The minimum atomic E-state index is -1.57. The third kappa shape index (κ3) is 8.41. The number of aromatic amines is 1. The van der Waals surface area contributed by atoms with Gasteiger partial charge in [0.05, 0.1) is 12.5 Å². The highest BCUT2D eigenvalue weighted by atomic mass is 16.4. The number of likely N-dealkylation sites (tertiary alicyclic amines) is 1. The summed E-state index contributed by atoms with van der Waals surface area (Å²) in [5, 5.41) is 24.7. The second-order valence-corrected chi connectivity index (χ2v) is 9.87.